The lowest BCUT2D eigenvalue weighted by atomic mass is 9.94. The number of hydrogen-bond acceptors (Lipinski definition) is 2. The van der Waals surface area contributed by atoms with Crippen molar-refractivity contribution < 1.29 is 4.74 Å². The number of nitrogens with two attached hydrogens (primary N) is 1. The van der Waals surface area contributed by atoms with Crippen LogP contribution in [0.5, 0.6) is 0 Å². The van der Waals surface area contributed by atoms with Crippen molar-refractivity contribution in [1.29, 1.82) is 0 Å². The molecule has 0 aromatic heterocycles. The normalized spacial score (nSPS) is 28.3. The predicted octanol–water partition coefficient (Wildman–Crippen LogP) is 2.71. The molecule has 1 aliphatic rings. The average Bonchev–Trinajstić information content (AvgIpc) is 2.15. The summed E-state index contributed by atoms with van der Waals surface area (Å²) in [6.45, 7) is 5.47. The maximum absolute atomic E-state index is 5.84. The van der Waals surface area contributed by atoms with Gasteiger partial charge in [-0.25, -0.2) is 0 Å². The van der Waals surface area contributed by atoms with Crippen molar-refractivity contribution in [2.24, 2.45) is 11.7 Å². The zero-order chi connectivity index (χ0) is 10.4. The molecule has 0 heterocycles. The lowest BCUT2D eigenvalue weighted by molar-refractivity contribution is 0.0222. The third-order valence-electron chi connectivity index (χ3n) is 3.00. The monoisotopic (exact) mass is 199 g/mol. The van der Waals surface area contributed by atoms with Crippen LogP contribution in [0.4, 0.5) is 0 Å². The Bertz CT molecular complexity index is 139. The lowest BCUT2D eigenvalue weighted by Gasteiger charge is -2.26. The molecule has 2 N–H and O–H groups in total. The van der Waals surface area contributed by atoms with E-state index in [2.05, 4.69) is 13.8 Å². The topological polar surface area (TPSA) is 35.2 Å². The molecule has 0 spiro atoms. The molecule has 0 radical (unpaired) electrons. The summed E-state index contributed by atoms with van der Waals surface area (Å²) in [4.78, 5) is 0. The highest BCUT2D eigenvalue weighted by Crippen LogP contribution is 2.20. The molecule has 14 heavy (non-hydrogen) atoms. The van der Waals surface area contributed by atoms with Gasteiger partial charge in [-0.3, -0.25) is 0 Å². The van der Waals surface area contributed by atoms with E-state index in [9.17, 15) is 0 Å². The predicted molar refractivity (Wildman–Crippen MR) is 60.3 cm³/mol. The molecular formula is C12H25NO. The first-order chi connectivity index (χ1) is 6.68. The van der Waals surface area contributed by atoms with Crippen LogP contribution in [-0.2, 0) is 4.74 Å². The van der Waals surface area contributed by atoms with Crippen LogP contribution in [-0.4, -0.2) is 18.8 Å². The summed E-state index contributed by atoms with van der Waals surface area (Å²) in [5, 5.41) is 0. The SMILES string of the molecule is CC(C)CCCOC1CCC(N)CC1. The Kier molecular flexibility index (Phi) is 5.49. The Hall–Kier alpha value is -0.0800. The van der Waals surface area contributed by atoms with Gasteiger partial charge < -0.3 is 10.5 Å². The van der Waals surface area contributed by atoms with Crippen molar-refractivity contribution in [1.82, 2.24) is 0 Å². The maximum atomic E-state index is 5.84. The van der Waals surface area contributed by atoms with E-state index in [0.717, 1.165) is 25.4 Å². The van der Waals surface area contributed by atoms with Gasteiger partial charge >= 0.3 is 0 Å². The van der Waals surface area contributed by atoms with E-state index in [0.29, 0.717) is 12.1 Å². The van der Waals surface area contributed by atoms with Crippen LogP contribution in [0.3, 0.4) is 0 Å². The molecule has 1 fully saturated rings. The molecule has 1 rings (SSSR count). The fourth-order valence-corrected chi connectivity index (χ4v) is 2.00. The van der Waals surface area contributed by atoms with Crippen LogP contribution in [0.1, 0.15) is 52.4 Å². The Morgan fingerprint density at radius 1 is 1.21 bits per heavy atom. The van der Waals surface area contributed by atoms with Gasteiger partial charge in [-0.05, 0) is 44.4 Å². The van der Waals surface area contributed by atoms with Crippen LogP contribution in [0, 0.1) is 5.92 Å². The van der Waals surface area contributed by atoms with Crippen molar-refractivity contribution >= 4 is 0 Å². The van der Waals surface area contributed by atoms with Crippen molar-refractivity contribution in [3.63, 3.8) is 0 Å². The molecule has 2 heteroatoms. The summed E-state index contributed by atoms with van der Waals surface area (Å²) in [7, 11) is 0. The molecule has 0 atom stereocenters. The third kappa shape index (κ3) is 4.97. The molecule has 1 aliphatic carbocycles. The van der Waals surface area contributed by atoms with Gasteiger partial charge in [0.2, 0.25) is 0 Å². The van der Waals surface area contributed by atoms with Crippen LogP contribution in [0.2, 0.25) is 0 Å². The van der Waals surface area contributed by atoms with Gasteiger partial charge in [0.25, 0.3) is 0 Å². The molecule has 2 nitrogen and oxygen atoms in total. The highest BCUT2D eigenvalue weighted by Gasteiger charge is 2.18. The first-order valence-electron chi connectivity index (χ1n) is 6.05. The standard InChI is InChI=1S/C12H25NO/c1-10(2)4-3-9-14-12-7-5-11(13)6-8-12/h10-12H,3-9,13H2,1-2H3. The fourth-order valence-electron chi connectivity index (χ4n) is 2.00. The van der Waals surface area contributed by atoms with E-state index >= 15 is 0 Å². The Morgan fingerprint density at radius 3 is 2.43 bits per heavy atom. The minimum atomic E-state index is 0.436. The Morgan fingerprint density at radius 2 is 1.86 bits per heavy atom. The fraction of sp³-hybridized carbons (Fsp3) is 1.00. The molecule has 0 bridgehead atoms. The molecule has 84 valence electrons. The van der Waals surface area contributed by atoms with Gasteiger partial charge in [0.15, 0.2) is 0 Å². The second-order valence-electron chi connectivity index (χ2n) is 4.94. The zero-order valence-electron chi connectivity index (χ0n) is 9.67. The van der Waals surface area contributed by atoms with E-state index < -0.39 is 0 Å². The zero-order valence-corrected chi connectivity index (χ0v) is 9.67. The van der Waals surface area contributed by atoms with Crippen LogP contribution >= 0.6 is 0 Å². The number of hydrogen-bond donors (Lipinski definition) is 1. The summed E-state index contributed by atoms with van der Waals surface area (Å²) in [5.74, 6) is 0.804. The Labute approximate surface area is 88.2 Å². The summed E-state index contributed by atoms with van der Waals surface area (Å²) in [6, 6.07) is 0.436. The lowest BCUT2D eigenvalue weighted by Crippen LogP contribution is -2.30. The quantitative estimate of drug-likeness (QED) is 0.691. The van der Waals surface area contributed by atoms with Gasteiger partial charge in [0.1, 0.15) is 0 Å². The second-order valence-corrected chi connectivity index (χ2v) is 4.94. The van der Waals surface area contributed by atoms with Crippen molar-refractivity contribution in [3.8, 4) is 0 Å². The minimum Gasteiger partial charge on any atom is -0.378 e. The molecule has 0 aromatic carbocycles. The largest absolute Gasteiger partial charge is 0.378 e. The number of rotatable bonds is 5. The van der Waals surface area contributed by atoms with E-state index in [-0.39, 0.29) is 0 Å². The maximum Gasteiger partial charge on any atom is 0.0576 e. The Balaban J connectivity index is 1.96. The van der Waals surface area contributed by atoms with Crippen LogP contribution in [0.25, 0.3) is 0 Å². The van der Waals surface area contributed by atoms with Crippen LogP contribution < -0.4 is 5.73 Å². The first kappa shape index (κ1) is 12.0. The van der Waals surface area contributed by atoms with Gasteiger partial charge in [-0.1, -0.05) is 13.8 Å². The third-order valence-corrected chi connectivity index (χ3v) is 3.00. The average molecular weight is 199 g/mol. The summed E-state index contributed by atoms with van der Waals surface area (Å²) >= 11 is 0. The summed E-state index contributed by atoms with van der Waals surface area (Å²) < 4.78 is 5.83. The van der Waals surface area contributed by atoms with E-state index in [4.69, 9.17) is 10.5 Å². The van der Waals surface area contributed by atoms with Gasteiger partial charge in [-0.2, -0.15) is 0 Å². The van der Waals surface area contributed by atoms with Gasteiger partial charge in [0, 0.05) is 12.6 Å². The number of ether oxygens (including phenoxy) is 1. The molecule has 0 unspecified atom stereocenters. The highest BCUT2D eigenvalue weighted by molar-refractivity contribution is 4.74. The van der Waals surface area contributed by atoms with E-state index in [1.165, 1.54) is 25.7 Å². The highest BCUT2D eigenvalue weighted by atomic mass is 16.5. The molecule has 1 saturated carbocycles. The first-order valence-corrected chi connectivity index (χ1v) is 6.05. The molecular weight excluding hydrogens is 174 g/mol. The molecule has 0 aromatic rings. The second kappa shape index (κ2) is 6.41. The smallest absolute Gasteiger partial charge is 0.0576 e. The van der Waals surface area contributed by atoms with E-state index in [1.807, 2.05) is 0 Å². The molecule has 0 saturated heterocycles. The van der Waals surface area contributed by atoms with E-state index in [1.54, 1.807) is 0 Å². The van der Waals surface area contributed by atoms with Gasteiger partial charge in [0.05, 0.1) is 6.10 Å². The molecule has 0 amide bonds. The molecule has 0 aliphatic heterocycles. The van der Waals surface area contributed by atoms with Crippen molar-refractivity contribution in [2.75, 3.05) is 6.61 Å². The summed E-state index contributed by atoms with van der Waals surface area (Å²) in [6.07, 6.45) is 7.63. The summed E-state index contributed by atoms with van der Waals surface area (Å²) in [5.41, 5.74) is 5.84. The van der Waals surface area contributed by atoms with Crippen molar-refractivity contribution in [2.45, 2.75) is 64.5 Å². The van der Waals surface area contributed by atoms with Gasteiger partial charge in [-0.15, -0.1) is 0 Å². The van der Waals surface area contributed by atoms with Crippen LogP contribution in [0.15, 0.2) is 0 Å². The minimum absolute atomic E-state index is 0.436. The van der Waals surface area contributed by atoms with Crippen molar-refractivity contribution in [3.05, 3.63) is 0 Å².